The highest BCUT2D eigenvalue weighted by Crippen LogP contribution is 2.26. The number of benzene rings is 3. The van der Waals surface area contributed by atoms with Gasteiger partial charge in [0.1, 0.15) is 30.2 Å². The van der Waals surface area contributed by atoms with E-state index in [2.05, 4.69) is 20.8 Å². The van der Waals surface area contributed by atoms with Crippen LogP contribution in [0.2, 0.25) is 0 Å². The lowest BCUT2D eigenvalue weighted by Gasteiger charge is -2.25. The van der Waals surface area contributed by atoms with Crippen molar-refractivity contribution < 1.29 is 38.3 Å². The Balaban J connectivity index is 1.37. The number of Topliss-reactive ketones (excluding diaryl/α,β-unsaturated/α-hetero) is 1. The van der Waals surface area contributed by atoms with E-state index >= 15 is 0 Å². The third-order valence-corrected chi connectivity index (χ3v) is 7.31. The molecule has 0 fully saturated rings. The van der Waals surface area contributed by atoms with Crippen molar-refractivity contribution in [2.75, 3.05) is 13.7 Å². The summed E-state index contributed by atoms with van der Waals surface area (Å²) >= 11 is 0. The van der Waals surface area contributed by atoms with Gasteiger partial charge >= 0.3 is 5.97 Å². The van der Waals surface area contributed by atoms with Crippen molar-refractivity contribution >= 4 is 23.6 Å². The number of ether oxygens (including phenoxy) is 2. The van der Waals surface area contributed by atoms with Crippen molar-refractivity contribution in [2.45, 2.75) is 52.1 Å². The van der Waals surface area contributed by atoms with Gasteiger partial charge in [0.15, 0.2) is 11.6 Å². The monoisotopic (exact) mass is 642 g/mol. The molecule has 4 aromatic rings. The number of rotatable bonds is 16. The van der Waals surface area contributed by atoms with Gasteiger partial charge in [0.2, 0.25) is 11.8 Å². The summed E-state index contributed by atoms with van der Waals surface area (Å²) in [6.07, 6.45) is -0.0575. The first kappa shape index (κ1) is 34.4. The average Bonchev–Trinajstić information content (AvgIpc) is 3.49. The molecule has 47 heavy (non-hydrogen) atoms. The molecule has 1 aromatic heterocycles. The highest BCUT2D eigenvalue weighted by Gasteiger charge is 2.30. The molecule has 0 aliphatic rings. The number of amides is 2. The van der Waals surface area contributed by atoms with Gasteiger partial charge in [0.05, 0.1) is 20.0 Å². The minimum atomic E-state index is -1.37. The predicted molar refractivity (Wildman–Crippen MR) is 172 cm³/mol. The Labute approximate surface area is 272 Å². The number of hydrogen-bond donors (Lipinski definition) is 3. The minimum absolute atomic E-state index is 0.143. The van der Waals surface area contributed by atoms with Gasteiger partial charge in [-0.05, 0) is 60.7 Å². The zero-order chi connectivity index (χ0) is 33.9. The zero-order valence-electron chi connectivity index (χ0n) is 26.7. The summed E-state index contributed by atoms with van der Waals surface area (Å²) in [5.74, 6) is -1.86. The normalized spacial score (nSPS) is 12.2. The maximum absolute atomic E-state index is 13.3. The average molecular weight is 643 g/mol. The van der Waals surface area contributed by atoms with Gasteiger partial charge in [-0.1, -0.05) is 61.5 Å². The van der Waals surface area contributed by atoms with Gasteiger partial charge in [-0.15, -0.1) is 0 Å². The van der Waals surface area contributed by atoms with Crippen LogP contribution in [-0.2, 0) is 32.0 Å². The van der Waals surface area contributed by atoms with E-state index in [0.717, 1.165) is 17.5 Å². The van der Waals surface area contributed by atoms with E-state index in [1.165, 1.54) is 7.11 Å². The fourth-order valence-corrected chi connectivity index (χ4v) is 4.87. The Hall–Kier alpha value is -5.52. The number of carboxylic acid groups (broad SMARTS) is 1. The fraction of sp³-hybridized carbons (Fsp3) is 0.314. The number of carbonyl (C=O) groups excluding carboxylic acids is 3. The summed E-state index contributed by atoms with van der Waals surface area (Å²) in [6, 6.07) is 19.9. The molecular weight excluding hydrogens is 604 g/mol. The second-order valence-corrected chi connectivity index (χ2v) is 11.4. The first-order valence-corrected chi connectivity index (χ1v) is 15.1. The number of aliphatic carboxylic acids is 1. The van der Waals surface area contributed by atoms with Crippen molar-refractivity contribution in [3.8, 4) is 23.0 Å². The standard InChI is InChI=1S/C35H38N4O8/c1-21(2)33(38-31(41)18-26-17-25(12-15-30(26)45-4)35-36-22(3)39-47-35)34(44)37-28(19-32(42)43)29(40)20-46-27-13-10-24(11-14-27)16-23-8-6-5-7-9-23/h5-15,17,21,28,33H,16,18-20H2,1-4H3,(H,37,44)(H,38,41)(H,42,43)/t28-,33-/m0/s1. The van der Waals surface area contributed by atoms with Crippen LogP contribution < -0.4 is 20.1 Å². The number of nitrogens with one attached hydrogen (secondary N) is 2. The number of ketones is 1. The molecule has 0 aliphatic carbocycles. The molecule has 0 saturated heterocycles. The molecule has 12 nitrogen and oxygen atoms in total. The molecule has 4 rings (SSSR count). The van der Waals surface area contributed by atoms with Gasteiger partial charge in [0.25, 0.3) is 5.89 Å². The Kier molecular flexibility index (Phi) is 11.8. The molecule has 2 atom stereocenters. The van der Waals surface area contributed by atoms with Crippen molar-refractivity contribution in [1.29, 1.82) is 0 Å². The first-order valence-electron chi connectivity index (χ1n) is 15.1. The van der Waals surface area contributed by atoms with Gasteiger partial charge in [-0.3, -0.25) is 19.2 Å². The molecular formula is C35H38N4O8. The van der Waals surface area contributed by atoms with Crippen molar-refractivity contribution in [3.63, 3.8) is 0 Å². The first-order chi connectivity index (χ1) is 22.5. The van der Waals surface area contributed by atoms with Crippen LogP contribution in [0.4, 0.5) is 0 Å². The molecule has 0 spiro atoms. The van der Waals surface area contributed by atoms with Crippen LogP contribution in [0.3, 0.4) is 0 Å². The molecule has 246 valence electrons. The van der Waals surface area contributed by atoms with Gasteiger partial charge in [-0.2, -0.15) is 4.98 Å². The third kappa shape index (κ3) is 9.98. The summed E-state index contributed by atoms with van der Waals surface area (Å²) in [5.41, 5.74) is 3.32. The van der Waals surface area contributed by atoms with Crippen LogP contribution >= 0.6 is 0 Å². The number of hydrogen-bond acceptors (Lipinski definition) is 9. The van der Waals surface area contributed by atoms with E-state index in [4.69, 9.17) is 14.0 Å². The number of nitrogens with zero attached hydrogens (tertiary/aromatic N) is 2. The number of aromatic nitrogens is 2. The fourth-order valence-electron chi connectivity index (χ4n) is 4.87. The summed E-state index contributed by atoms with van der Waals surface area (Å²) in [4.78, 5) is 55.3. The third-order valence-electron chi connectivity index (χ3n) is 7.31. The number of carboxylic acids is 1. The van der Waals surface area contributed by atoms with E-state index in [0.29, 0.717) is 28.5 Å². The maximum atomic E-state index is 13.3. The Bertz CT molecular complexity index is 1690. The van der Waals surface area contributed by atoms with Crippen LogP contribution in [0.1, 0.15) is 42.8 Å². The second-order valence-electron chi connectivity index (χ2n) is 11.4. The number of aryl methyl sites for hydroxylation is 1. The minimum Gasteiger partial charge on any atom is -0.496 e. The van der Waals surface area contributed by atoms with Crippen LogP contribution in [0.5, 0.6) is 11.5 Å². The van der Waals surface area contributed by atoms with E-state index < -0.39 is 48.7 Å². The van der Waals surface area contributed by atoms with E-state index in [1.807, 2.05) is 42.5 Å². The molecule has 12 heteroatoms. The molecule has 0 saturated carbocycles. The van der Waals surface area contributed by atoms with E-state index in [9.17, 15) is 24.3 Å². The van der Waals surface area contributed by atoms with Crippen LogP contribution in [0.25, 0.3) is 11.5 Å². The molecule has 0 aliphatic heterocycles. The lowest BCUT2D eigenvalue weighted by molar-refractivity contribution is -0.141. The lowest BCUT2D eigenvalue weighted by atomic mass is 10.0. The predicted octanol–water partition coefficient (Wildman–Crippen LogP) is 3.94. The summed E-state index contributed by atoms with van der Waals surface area (Å²) in [7, 11) is 1.47. The quantitative estimate of drug-likeness (QED) is 0.163. The maximum Gasteiger partial charge on any atom is 0.305 e. The molecule has 3 N–H and O–H groups in total. The second kappa shape index (κ2) is 16.2. The van der Waals surface area contributed by atoms with Crippen LogP contribution in [0.15, 0.2) is 77.3 Å². The van der Waals surface area contributed by atoms with Gasteiger partial charge < -0.3 is 29.7 Å². The van der Waals surface area contributed by atoms with Gasteiger partial charge in [0, 0.05) is 11.1 Å². The van der Waals surface area contributed by atoms with Crippen LogP contribution in [0, 0.1) is 12.8 Å². The SMILES string of the molecule is COc1ccc(-c2nc(C)no2)cc1CC(=O)N[C@H](C(=O)N[C@@H](CC(=O)O)C(=O)COc1ccc(Cc2ccccc2)cc1)C(C)C. The number of methoxy groups -OCH3 is 1. The molecule has 0 bridgehead atoms. The van der Waals surface area contributed by atoms with Crippen LogP contribution in [-0.4, -0.2) is 64.6 Å². The topological polar surface area (TPSA) is 170 Å². The smallest absolute Gasteiger partial charge is 0.305 e. The summed E-state index contributed by atoms with van der Waals surface area (Å²) < 4.78 is 16.3. The molecule has 3 aromatic carbocycles. The highest BCUT2D eigenvalue weighted by atomic mass is 16.5. The van der Waals surface area contributed by atoms with Gasteiger partial charge in [-0.25, -0.2) is 0 Å². The molecule has 2 amide bonds. The molecule has 1 heterocycles. The highest BCUT2D eigenvalue weighted by molar-refractivity contribution is 5.95. The molecule has 0 unspecified atom stereocenters. The van der Waals surface area contributed by atoms with Crippen molar-refractivity contribution in [3.05, 3.63) is 95.3 Å². The number of carbonyl (C=O) groups is 4. The Morgan fingerprint density at radius 3 is 2.26 bits per heavy atom. The largest absolute Gasteiger partial charge is 0.496 e. The van der Waals surface area contributed by atoms with E-state index in [-0.39, 0.29) is 18.2 Å². The summed E-state index contributed by atoms with van der Waals surface area (Å²) in [5, 5.41) is 18.5. The van der Waals surface area contributed by atoms with Crippen molar-refractivity contribution in [1.82, 2.24) is 20.8 Å². The van der Waals surface area contributed by atoms with E-state index in [1.54, 1.807) is 51.1 Å². The molecule has 0 radical (unpaired) electrons. The summed E-state index contributed by atoms with van der Waals surface area (Å²) in [6.45, 7) is 4.68. The van der Waals surface area contributed by atoms with Crippen molar-refractivity contribution in [2.24, 2.45) is 5.92 Å². The zero-order valence-corrected chi connectivity index (χ0v) is 26.7. The lowest BCUT2D eigenvalue weighted by Crippen LogP contribution is -2.54. The Morgan fingerprint density at radius 1 is 0.936 bits per heavy atom. The Morgan fingerprint density at radius 2 is 1.64 bits per heavy atom.